The zero-order valence-corrected chi connectivity index (χ0v) is 11.7. The number of sulfone groups is 1. The Labute approximate surface area is 114 Å². The number of carbonyl (C=O) groups excluding carboxylic acids is 1. The lowest BCUT2D eigenvalue weighted by Crippen LogP contribution is -2.36. The molecule has 0 saturated carbocycles. The van der Waals surface area contributed by atoms with Crippen LogP contribution in [0, 0.1) is 0 Å². The molecule has 1 aliphatic heterocycles. The maximum atomic E-state index is 12.0. The van der Waals surface area contributed by atoms with Crippen LogP contribution in [0.25, 0.3) is 0 Å². The van der Waals surface area contributed by atoms with Gasteiger partial charge in [0.15, 0.2) is 9.84 Å². The van der Waals surface area contributed by atoms with Crippen molar-refractivity contribution < 1.29 is 13.2 Å². The van der Waals surface area contributed by atoms with E-state index in [-0.39, 0.29) is 18.1 Å². The molecule has 5 heteroatoms. The van der Waals surface area contributed by atoms with Gasteiger partial charge in [-0.25, -0.2) is 8.42 Å². The van der Waals surface area contributed by atoms with Crippen molar-refractivity contribution in [3.63, 3.8) is 0 Å². The second kappa shape index (κ2) is 6.19. The average molecular weight is 281 g/mol. The van der Waals surface area contributed by atoms with Gasteiger partial charge >= 0.3 is 0 Å². The van der Waals surface area contributed by atoms with Gasteiger partial charge in [0.2, 0.25) is 5.91 Å². The van der Waals surface area contributed by atoms with E-state index in [0.717, 1.165) is 32.4 Å². The van der Waals surface area contributed by atoms with E-state index in [2.05, 4.69) is 0 Å². The summed E-state index contributed by atoms with van der Waals surface area (Å²) in [7, 11) is -3.34. The van der Waals surface area contributed by atoms with Crippen molar-refractivity contribution in [3.8, 4) is 0 Å². The van der Waals surface area contributed by atoms with Gasteiger partial charge in [0.1, 0.15) is 0 Å². The van der Waals surface area contributed by atoms with Gasteiger partial charge in [-0.3, -0.25) is 4.79 Å². The van der Waals surface area contributed by atoms with Gasteiger partial charge in [0, 0.05) is 19.5 Å². The summed E-state index contributed by atoms with van der Waals surface area (Å²) in [6, 6.07) is 8.30. The lowest BCUT2D eigenvalue weighted by atomic mass is 10.1. The number of hydrogen-bond donors (Lipinski definition) is 0. The Kier molecular flexibility index (Phi) is 4.58. The number of piperidine rings is 1. The molecule has 1 saturated heterocycles. The van der Waals surface area contributed by atoms with Crippen LogP contribution < -0.4 is 0 Å². The molecule has 1 aromatic carbocycles. The molecular formula is C14H19NO3S. The van der Waals surface area contributed by atoms with E-state index in [4.69, 9.17) is 0 Å². The van der Waals surface area contributed by atoms with Gasteiger partial charge in [-0.15, -0.1) is 0 Å². The Morgan fingerprint density at radius 1 is 1.05 bits per heavy atom. The molecule has 1 heterocycles. The highest BCUT2D eigenvalue weighted by Crippen LogP contribution is 2.14. The smallest absolute Gasteiger partial charge is 0.223 e. The van der Waals surface area contributed by atoms with E-state index in [9.17, 15) is 13.2 Å². The molecular weight excluding hydrogens is 262 g/mol. The first kappa shape index (κ1) is 14.1. The Morgan fingerprint density at radius 2 is 1.68 bits per heavy atom. The fraction of sp³-hybridized carbons (Fsp3) is 0.500. The van der Waals surface area contributed by atoms with Crippen LogP contribution in [-0.4, -0.2) is 38.1 Å². The second-order valence-corrected chi connectivity index (χ2v) is 6.93. The first-order chi connectivity index (χ1) is 9.09. The lowest BCUT2D eigenvalue weighted by molar-refractivity contribution is -0.131. The first-order valence-corrected chi connectivity index (χ1v) is 8.30. The Bertz CT molecular complexity index is 519. The minimum atomic E-state index is -3.34. The van der Waals surface area contributed by atoms with Gasteiger partial charge < -0.3 is 4.90 Å². The SMILES string of the molecule is O=C(CCS(=O)(=O)c1ccccc1)N1CCCCC1. The summed E-state index contributed by atoms with van der Waals surface area (Å²) in [6.07, 6.45) is 3.29. The highest BCUT2D eigenvalue weighted by molar-refractivity contribution is 7.91. The van der Waals surface area contributed by atoms with Crippen LogP contribution >= 0.6 is 0 Å². The van der Waals surface area contributed by atoms with Crippen molar-refractivity contribution in [3.05, 3.63) is 30.3 Å². The number of amides is 1. The minimum absolute atomic E-state index is 0.0424. The number of benzene rings is 1. The third kappa shape index (κ3) is 3.80. The summed E-state index contributed by atoms with van der Waals surface area (Å²) >= 11 is 0. The molecule has 2 rings (SSSR count). The number of carbonyl (C=O) groups is 1. The van der Waals surface area contributed by atoms with Gasteiger partial charge in [-0.1, -0.05) is 18.2 Å². The predicted molar refractivity (Wildman–Crippen MR) is 73.5 cm³/mol. The van der Waals surface area contributed by atoms with Crippen molar-refractivity contribution in [1.82, 2.24) is 4.90 Å². The fourth-order valence-corrected chi connectivity index (χ4v) is 3.52. The highest BCUT2D eigenvalue weighted by Gasteiger charge is 2.20. The summed E-state index contributed by atoms with van der Waals surface area (Å²) in [5, 5.41) is 0. The van der Waals surface area contributed by atoms with E-state index < -0.39 is 9.84 Å². The zero-order valence-electron chi connectivity index (χ0n) is 10.9. The van der Waals surface area contributed by atoms with Crippen molar-refractivity contribution in [2.75, 3.05) is 18.8 Å². The van der Waals surface area contributed by atoms with Gasteiger partial charge in [0.25, 0.3) is 0 Å². The van der Waals surface area contributed by atoms with Crippen molar-refractivity contribution in [2.45, 2.75) is 30.6 Å². The van der Waals surface area contributed by atoms with E-state index in [1.54, 1.807) is 35.2 Å². The summed E-state index contributed by atoms with van der Waals surface area (Å²) < 4.78 is 24.1. The third-order valence-electron chi connectivity index (χ3n) is 3.40. The molecule has 1 fully saturated rings. The molecule has 0 aliphatic carbocycles. The second-order valence-electron chi connectivity index (χ2n) is 4.82. The Hall–Kier alpha value is -1.36. The predicted octanol–water partition coefficient (Wildman–Crippen LogP) is 1.86. The van der Waals surface area contributed by atoms with E-state index in [1.807, 2.05) is 0 Å². The molecule has 0 radical (unpaired) electrons. The molecule has 0 spiro atoms. The molecule has 0 unspecified atom stereocenters. The van der Waals surface area contributed by atoms with Crippen LogP contribution in [0.1, 0.15) is 25.7 Å². The molecule has 19 heavy (non-hydrogen) atoms. The molecule has 1 aliphatic rings. The average Bonchev–Trinajstić information content (AvgIpc) is 2.47. The number of nitrogens with zero attached hydrogens (tertiary/aromatic N) is 1. The molecule has 1 aromatic rings. The van der Waals surface area contributed by atoms with Gasteiger partial charge in [0.05, 0.1) is 10.6 Å². The van der Waals surface area contributed by atoms with E-state index >= 15 is 0 Å². The minimum Gasteiger partial charge on any atom is -0.343 e. The molecule has 4 nitrogen and oxygen atoms in total. The quantitative estimate of drug-likeness (QED) is 0.846. The standard InChI is InChI=1S/C14H19NO3S/c16-14(15-10-5-2-6-11-15)9-12-19(17,18)13-7-3-1-4-8-13/h1,3-4,7-8H,2,5-6,9-12H2. The maximum Gasteiger partial charge on any atom is 0.223 e. The van der Waals surface area contributed by atoms with Crippen LogP contribution in [0.15, 0.2) is 35.2 Å². The number of likely N-dealkylation sites (tertiary alicyclic amines) is 1. The molecule has 1 amide bonds. The molecule has 0 atom stereocenters. The topological polar surface area (TPSA) is 54.5 Å². The van der Waals surface area contributed by atoms with E-state index in [1.165, 1.54) is 0 Å². The third-order valence-corrected chi connectivity index (χ3v) is 5.13. The van der Waals surface area contributed by atoms with Crippen LogP contribution in [-0.2, 0) is 14.6 Å². The van der Waals surface area contributed by atoms with Gasteiger partial charge in [-0.05, 0) is 31.4 Å². The van der Waals surface area contributed by atoms with Crippen molar-refractivity contribution in [1.29, 1.82) is 0 Å². The summed E-state index contributed by atoms with van der Waals surface area (Å²) in [5.41, 5.74) is 0. The molecule has 104 valence electrons. The Morgan fingerprint density at radius 3 is 2.32 bits per heavy atom. The normalized spacial score (nSPS) is 16.3. The number of rotatable bonds is 4. The van der Waals surface area contributed by atoms with Crippen LogP contribution in [0.2, 0.25) is 0 Å². The molecule has 0 bridgehead atoms. The largest absolute Gasteiger partial charge is 0.343 e. The Balaban J connectivity index is 1.93. The lowest BCUT2D eigenvalue weighted by Gasteiger charge is -2.26. The maximum absolute atomic E-state index is 12.0. The van der Waals surface area contributed by atoms with E-state index in [0.29, 0.717) is 4.90 Å². The monoisotopic (exact) mass is 281 g/mol. The summed E-state index contributed by atoms with van der Waals surface area (Å²) in [5.74, 6) is -0.147. The van der Waals surface area contributed by atoms with Crippen LogP contribution in [0.3, 0.4) is 0 Å². The fourth-order valence-electron chi connectivity index (χ4n) is 2.27. The van der Waals surface area contributed by atoms with Crippen LogP contribution in [0.4, 0.5) is 0 Å². The summed E-state index contributed by atoms with van der Waals surface area (Å²) in [6.45, 7) is 1.54. The highest BCUT2D eigenvalue weighted by atomic mass is 32.2. The van der Waals surface area contributed by atoms with Crippen LogP contribution in [0.5, 0.6) is 0 Å². The number of hydrogen-bond acceptors (Lipinski definition) is 3. The van der Waals surface area contributed by atoms with Crippen molar-refractivity contribution >= 4 is 15.7 Å². The first-order valence-electron chi connectivity index (χ1n) is 6.65. The van der Waals surface area contributed by atoms with Crippen molar-refractivity contribution in [2.24, 2.45) is 0 Å². The molecule has 0 aromatic heterocycles. The van der Waals surface area contributed by atoms with Gasteiger partial charge in [-0.2, -0.15) is 0 Å². The zero-order chi connectivity index (χ0) is 13.7. The summed E-state index contributed by atoms with van der Waals surface area (Å²) in [4.78, 5) is 14.0. The molecule has 0 N–H and O–H groups in total.